The Hall–Kier alpha value is -2.27. The molecule has 0 aromatic heterocycles. The average Bonchev–Trinajstić information content (AvgIpc) is 3.09. The van der Waals surface area contributed by atoms with Crippen LogP contribution in [0.15, 0.2) is 42.5 Å². The van der Waals surface area contributed by atoms with Gasteiger partial charge < -0.3 is 15.0 Å². The van der Waals surface area contributed by atoms with Gasteiger partial charge in [-0.05, 0) is 48.7 Å². The van der Waals surface area contributed by atoms with E-state index in [0.717, 1.165) is 25.2 Å². The molecule has 132 valence electrons. The monoisotopic (exact) mass is 362 g/mol. The lowest BCUT2D eigenvalue weighted by Crippen LogP contribution is -2.31. The van der Waals surface area contributed by atoms with Crippen LogP contribution in [0, 0.1) is 11.7 Å². The number of carbonyl (C=O) groups is 1. The fourth-order valence-electron chi connectivity index (χ4n) is 3.02. The Morgan fingerprint density at radius 1 is 1.32 bits per heavy atom. The van der Waals surface area contributed by atoms with Gasteiger partial charge in [0, 0.05) is 36.4 Å². The van der Waals surface area contributed by atoms with Gasteiger partial charge in [-0.25, -0.2) is 4.39 Å². The maximum atomic E-state index is 13.9. The first-order valence-electron chi connectivity index (χ1n) is 8.19. The van der Waals surface area contributed by atoms with Crippen molar-refractivity contribution in [2.24, 2.45) is 5.92 Å². The first-order valence-corrected chi connectivity index (χ1v) is 8.57. The molecule has 25 heavy (non-hydrogen) atoms. The predicted octanol–water partition coefficient (Wildman–Crippen LogP) is 3.74. The van der Waals surface area contributed by atoms with E-state index in [2.05, 4.69) is 10.2 Å². The number of benzene rings is 2. The van der Waals surface area contributed by atoms with Crippen molar-refractivity contribution in [1.29, 1.82) is 0 Å². The number of carbonyl (C=O) groups excluding carboxylic acids is 1. The molecule has 6 heteroatoms. The van der Waals surface area contributed by atoms with Crippen LogP contribution in [0.2, 0.25) is 5.02 Å². The van der Waals surface area contributed by atoms with Crippen LogP contribution < -0.4 is 15.0 Å². The largest absolute Gasteiger partial charge is 0.497 e. The number of hydrogen-bond donors (Lipinski definition) is 1. The number of halogens is 2. The van der Waals surface area contributed by atoms with E-state index in [-0.39, 0.29) is 5.56 Å². The zero-order chi connectivity index (χ0) is 17.8. The molecule has 1 saturated heterocycles. The first-order chi connectivity index (χ1) is 12.1. The predicted molar refractivity (Wildman–Crippen MR) is 97.1 cm³/mol. The number of amides is 1. The number of nitrogens with zero attached hydrogens (tertiary/aromatic N) is 1. The minimum atomic E-state index is -0.578. The Balaban J connectivity index is 1.54. The maximum absolute atomic E-state index is 13.9. The summed E-state index contributed by atoms with van der Waals surface area (Å²) in [4.78, 5) is 14.5. The molecule has 0 saturated carbocycles. The van der Waals surface area contributed by atoms with Gasteiger partial charge in [0.2, 0.25) is 0 Å². The van der Waals surface area contributed by atoms with E-state index in [1.54, 1.807) is 6.07 Å². The molecule has 1 aliphatic rings. The Morgan fingerprint density at radius 3 is 2.76 bits per heavy atom. The molecule has 4 nitrogen and oxygen atoms in total. The van der Waals surface area contributed by atoms with Crippen molar-refractivity contribution >= 4 is 23.2 Å². The van der Waals surface area contributed by atoms with Gasteiger partial charge in [0.05, 0.1) is 12.7 Å². The van der Waals surface area contributed by atoms with Crippen LogP contribution in [0.3, 0.4) is 0 Å². The molecule has 1 fully saturated rings. The summed E-state index contributed by atoms with van der Waals surface area (Å²) in [5, 5.41) is 3.55. The highest BCUT2D eigenvalue weighted by Crippen LogP contribution is 2.25. The van der Waals surface area contributed by atoms with Gasteiger partial charge in [0.25, 0.3) is 5.91 Å². The van der Waals surface area contributed by atoms with Gasteiger partial charge in [0.15, 0.2) is 0 Å². The summed E-state index contributed by atoms with van der Waals surface area (Å²) in [5.74, 6) is -0.249. The number of methoxy groups -OCH3 is 1. The minimum absolute atomic E-state index is 0.0355. The summed E-state index contributed by atoms with van der Waals surface area (Å²) in [6.07, 6.45) is 0.980. The Morgan fingerprint density at radius 2 is 2.08 bits per heavy atom. The van der Waals surface area contributed by atoms with Gasteiger partial charge in [-0.1, -0.05) is 11.6 Å². The molecule has 1 atom stereocenters. The molecule has 1 N–H and O–H groups in total. The van der Waals surface area contributed by atoms with Gasteiger partial charge in [0.1, 0.15) is 11.6 Å². The number of anilines is 1. The number of rotatable bonds is 5. The fourth-order valence-corrected chi connectivity index (χ4v) is 3.15. The Bertz CT molecular complexity index is 752. The zero-order valence-electron chi connectivity index (χ0n) is 14.0. The summed E-state index contributed by atoms with van der Waals surface area (Å²) >= 11 is 5.92. The first kappa shape index (κ1) is 17.5. The quantitative estimate of drug-likeness (QED) is 0.880. The summed E-state index contributed by atoms with van der Waals surface area (Å²) in [5.41, 5.74) is 1.16. The van der Waals surface area contributed by atoms with Gasteiger partial charge in [-0.3, -0.25) is 4.79 Å². The second kappa shape index (κ2) is 7.74. The topological polar surface area (TPSA) is 41.6 Å². The van der Waals surface area contributed by atoms with E-state index in [9.17, 15) is 9.18 Å². The number of hydrogen-bond acceptors (Lipinski definition) is 3. The smallest absolute Gasteiger partial charge is 0.254 e. The third-order valence-corrected chi connectivity index (χ3v) is 4.70. The lowest BCUT2D eigenvalue weighted by molar-refractivity contribution is 0.0944. The minimum Gasteiger partial charge on any atom is -0.497 e. The highest BCUT2D eigenvalue weighted by Gasteiger charge is 2.23. The van der Waals surface area contributed by atoms with Crippen molar-refractivity contribution in [2.75, 3.05) is 31.6 Å². The van der Waals surface area contributed by atoms with Crippen LogP contribution in [0.1, 0.15) is 16.8 Å². The van der Waals surface area contributed by atoms with Crippen molar-refractivity contribution in [3.8, 4) is 5.75 Å². The molecular formula is C19H20ClFN2O2. The third kappa shape index (κ3) is 4.23. The van der Waals surface area contributed by atoms with Crippen LogP contribution in [0.5, 0.6) is 5.75 Å². The molecule has 0 aliphatic carbocycles. The van der Waals surface area contributed by atoms with E-state index in [1.807, 2.05) is 24.3 Å². The van der Waals surface area contributed by atoms with Crippen LogP contribution in [-0.2, 0) is 0 Å². The molecule has 3 rings (SSSR count). The molecule has 2 aromatic carbocycles. The number of nitrogens with one attached hydrogen (secondary N) is 1. The number of ether oxygens (including phenoxy) is 1. The van der Waals surface area contributed by atoms with E-state index < -0.39 is 11.7 Å². The normalized spacial score (nSPS) is 16.8. The second-order valence-corrected chi connectivity index (χ2v) is 6.57. The molecule has 2 aromatic rings. The lowest BCUT2D eigenvalue weighted by atomic mass is 10.1. The van der Waals surface area contributed by atoms with E-state index in [4.69, 9.17) is 16.3 Å². The van der Waals surface area contributed by atoms with E-state index in [0.29, 0.717) is 23.2 Å². The molecule has 0 radical (unpaired) electrons. The second-order valence-electron chi connectivity index (χ2n) is 6.13. The maximum Gasteiger partial charge on any atom is 0.254 e. The van der Waals surface area contributed by atoms with Crippen molar-refractivity contribution in [2.45, 2.75) is 6.42 Å². The molecule has 1 unspecified atom stereocenters. The Labute approximate surface area is 151 Å². The van der Waals surface area contributed by atoms with Gasteiger partial charge in [-0.2, -0.15) is 0 Å². The molecular weight excluding hydrogens is 343 g/mol. The van der Waals surface area contributed by atoms with Crippen LogP contribution in [-0.4, -0.2) is 32.7 Å². The highest BCUT2D eigenvalue weighted by molar-refractivity contribution is 6.30. The Kier molecular flexibility index (Phi) is 5.43. The fraction of sp³-hybridized carbons (Fsp3) is 0.316. The van der Waals surface area contributed by atoms with E-state index in [1.165, 1.54) is 19.2 Å². The summed E-state index contributed by atoms with van der Waals surface area (Å²) in [6, 6.07) is 12.0. The molecule has 1 heterocycles. The van der Waals surface area contributed by atoms with Crippen molar-refractivity contribution in [1.82, 2.24) is 5.32 Å². The molecule has 1 aliphatic heterocycles. The summed E-state index contributed by atoms with van der Waals surface area (Å²) in [6.45, 7) is 2.31. The zero-order valence-corrected chi connectivity index (χ0v) is 14.7. The van der Waals surface area contributed by atoms with Crippen molar-refractivity contribution in [3.63, 3.8) is 0 Å². The van der Waals surface area contributed by atoms with E-state index >= 15 is 0 Å². The van der Waals surface area contributed by atoms with Crippen molar-refractivity contribution in [3.05, 3.63) is 58.9 Å². The summed E-state index contributed by atoms with van der Waals surface area (Å²) < 4.78 is 18.9. The van der Waals surface area contributed by atoms with Gasteiger partial charge in [-0.15, -0.1) is 0 Å². The summed E-state index contributed by atoms with van der Waals surface area (Å²) in [7, 11) is 1.46. The molecule has 1 amide bonds. The molecule has 0 spiro atoms. The molecule has 0 bridgehead atoms. The van der Waals surface area contributed by atoms with Crippen LogP contribution in [0.4, 0.5) is 10.1 Å². The SMILES string of the molecule is COc1ccc(C(=O)NCC2CCN(c3ccc(Cl)cc3)C2)c(F)c1. The van der Waals surface area contributed by atoms with Crippen molar-refractivity contribution < 1.29 is 13.9 Å². The average molecular weight is 363 g/mol. The third-order valence-electron chi connectivity index (χ3n) is 4.45. The lowest BCUT2D eigenvalue weighted by Gasteiger charge is -2.19. The highest BCUT2D eigenvalue weighted by atomic mass is 35.5. The van der Waals surface area contributed by atoms with Crippen LogP contribution in [0.25, 0.3) is 0 Å². The van der Waals surface area contributed by atoms with Crippen LogP contribution >= 0.6 is 11.6 Å². The standard InChI is InChI=1S/C19H20ClFN2O2/c1-25-16-6-7-17(18(21)10-16)19(24)22-11-13-8-9-23(12-13)15-4-2-14(20)3-5-15/h2-7,10,13H,8-9,11-12H2,1H3,(H,22,24). The van der Waals surface area contributed by atoms with Gasteiger partial charge >= 0.3 is 0 Å².